The van der Waals surface area contributed by atoms with E-state index in [4.69, 9.17) is 0 Å². The first-order valence-corrected chi connectivity index (χ1v) is 25.9. The summed E-state index contributed by atoms with van der Waals surface area (Å²) in [4.78, 5) is 28.6. The molecule has 380 valence electrons. The van der Waals surface area contributed by atoms with Gasteiger partial charge >= 0.3 is 0 Å². The average Bonchev–Trinajstić information content (AvgIpc) is 3.28. The van der Waals surface area contributed by atoms with Crippen LogP contribution in [0.25, 0.3) is 0 Å². The van der Waals surface area contributed by atoms with Crippen molar-refractivity contribution in [3.05, 3.63) is 0 Å². The molecule has 63 heavy (non-hydrogen) atoms. The number of piperidine rings is 4. The average molecular weight is 898 g/mol. The van der Waals surface area contributed by atoms with Crippen molar-refractivity contribution in [3.63, 3.8) is 0 Å². The summed E-state index contributed by atoms with van der Waals surface area (Å²) in [6, 6.07) is 0. The van der Waals surface area contributed by atoms with E-state index >= 15 is 0 Å². The van der Waals surface area contributed by atoms with E-state index in [2.05, 4.69) is 150 Å². The molecule has 0 aromatic carbocycles. The molecule has 8 fully saturated rings. The minimum atomic E-state index is 0. The van der Waals surface area contributed by atoms with E-state index in [9.17, 15) is 0 Å². The topological polar surface area (TPSA) is 38.9 Å². The molecule has 0 aromatic rings. The number of likely N-dealkylation sites (tertiary alicyclic amines) is 4. The Balaban J connectivity index is 0.000000697. The number of rotatable bonds is 1. The lowest BCUT2D eigenvalue weighted by molar-refractivity contribution is 0.160. The molecule has 8 aliphatic rings. The van der Waals surface area contributed by atoms with E-state index in [0.29, 0.717) is 0 Å². The van der Waals surface area contributed by atoms with Gasteiger partial charge in [0.1, 0.15) is 0 Å². The standard InChI is InChI=1S/C7H16N2.C7H15N.3C6H14N2.3C6H13N.CH4/c1-3-9-6-4-8(2)5-7-9;4*1-7-3-5-8(2)6-4-7;3*1-7-5-3-2-4-6-7;/h3-7H2,1-2H3;7H,3-6H2,1-2H3;3*3-6H2,1-2H3;3*2-6H2,1H3;1H4. The van der Waals surface area contributed by atoms with Gasteiger partial charge in [-0.2, -0.15) is 0 Å². The Hall–Kier alpha value is -0.480. The van der Waals surface area contributed by atoms with Gasteiger partial charge in [-0.25, -0.2) is 0 Å². The molecule has 0 saturated carbocycles. The molecule has 0 radical (unpaired) electrons. The molecule has 8 heterocycles. The highest BCUT2D eigenvalue weighted by molar-refractivity contribution is 4.69. The second-order valence-electron chi connectivity index (χ2n) is 20.6. The van der Waals surface area contributed by atoms with E-state index in [1.54, 1.807) is 0 Å². The molecule has 0 N–H and O–H groups in total. The highest BCUT2D eigenvalue weighted by atomic mass is 15.3. The molecule has 0 aliphatic carbocycles. The second-order valence-corrected chi connectivity index (χ2v) is 20.6. The molecule has 8 saturated heterocycles. The van der Waals surface area contributed by atoms with Crippen LogP contribution in [-0.2, 0) is 0 Å². The Morgan fingerprint density at radius 2 is 0.429 bits per heavy atom. The fraction of sp³-hybridized carbons (Fsp3) is 1.00. The van der Waals surface area contributed by atoms with Crippen LogP contribution in [0.1, 0.15) is 91.9 Å². The van der Waals surface area contributed by atoms with Gasteiger partial charge in [-0.1, -0.05) is 40.5 Å². The summed E-state index contributed by atoms with van der Waals surface area (Å²) in [5, 5.41) is 0. The van der Waals surface area contributed by atoms with Gasteiger partial charge in [-0.3, -0.25) is 0 Å². The quantitative estimate of drug-likeness (QED) is 0.351. The van der Waals surface area contributed by atoms with Crippen LogP contribution in [0.15, 0.2) is 0 Å². The first-order chi connectivity index (χ1) is 29.7. The van der Waals surface area contributed by atoms with Crippen LogP contribution in [0, 0.1) is 5.92 Å². The number of hydrogen-bond acceptors (Lipinski definition) is 12. The Bertz CT molecular complexity index is 763. The first-order valence-electron chi connectivity index (χ1n) is 25.9. The zero-order chi connectivity index (χ0) is 46.0. The molecule has 0 unspecified atom stereocenters. The van der Waals surface area contributed by atoms with Gasteiger partial charge in [0.25, 0.3) is 0 Å². The van der Waals surface area contributed by atoms with Crippen molar-refractivity contribution in [2.24, 2.45) is 5.92 Å². The van der Waals surface area contributed by atoms with Crippen LogP contribution in [0.4, 0.5) is 0 Å². The van der Waals surface area contributed by atoms with Crippen LogP contribution >= 0.6 is 0 Å². The van der Waals surface area contributed by atoms with Crippen LogP contribution in [0.5, 0.6) is 0 Å². The number of piperazine rings is 4. The summed E-state index contributed by atoms with van der Waals surface area (Å²) in [5.41, 5.74) is 0. The molecule has 0 aromatic heterocycles. The van der Waals surface area contributed by atoms with E-state index in [-0.39, 0.29) is 7.43 Å². The summed E-state index contributed by atoms with van der Waals surface area (Å²) in [5.74, 6) is 0.978. The normalized spacial score (nSPS) is 25.3. The molecule has 0 bridgehead atoms. The second kappa shape index (κ2) is 40.6. The van der Waals surface area contributed by atoms with Crippen molar-refractivity contribution in [2.75, 3.05) is 241 Å². The highest BCUT2D eigenvalue weighted by Gasteiger charge is 2.13. The maximum atomic E-state index is 2.49. The molecule has 0 amide bonds. The Kier molecular flexibility index (Phi) is 40.3. The maximum Gasteiger partial charge on any atom is 0.0110 e. The minimum Gasteiger partial charge on any atom is -0.306 e. The lowest BCUT2D eigenvalue weighted by Crippen LogP contribution is -2.44. The molecule has 8 rings (SSSR count). The summed E-state index contributed by atoms with van der Waals surface area (Å²) in [7, 11) is 24.0. The van der Waals surface area contributed by atoms with Crippen molar-refractivity contribution >= 4 is 0 Å². The minimum absolute atomic E-state index is 0. The van der Waals surface area contributed by atoms with Crippen molar-refractivity contribution < 1.29 is 0 Å². The monoisotopic (exact) mass is 897 g/mol. The molecular formula is C51H116N12. The van der Waals surface area contributed by atoms with E-state index in [1.165, 1.54) is 234 Å². The van der Waals surface area contributed by atoms with E-state index in [1.807, 2.05) is 0 Å². The first kappa shape index (κ1) is 62.5. The SMILES string of the molecule is C.CC1CCN(C)CC1.CCN1CCN(C)CC1.CN1CCCCC1.CN1CCCCC1.CN1CCCCC1.CN1CCN(C)CC1.CN1CCN(C)CC1.CN1CCN(C)CC1. The summed E-state index contributed by atoms with van der Waals surface area (Å²) in [6.45, 7) is 36.1. The molecule has 0 atom stereocenters. The zero-order valence-electron chi connectivity index (χ0n) is 44.4. The van der Waals surface area contributed by atoms with Crippen molar-refractivity contribution in [3.8, 4) is 0 Å². The van der Waals surface area contributed by atoms with Gasteiger partial charge < -0.3 is 58.8 Å². The van der Waals surface area contributed by atoms with Gasteiger partial charge in [0.2, 0.25) is 0 Å². The fourth-order valence-corrected chi connectivity index (χ4v) is 8.18. The predicted molar refractivity (Wildman–Crippen MR) is 281 cm³/mol. The van der Waals surface area contributed by atoms with Gasteiger partial charge in [-0.05, 0) is 194 Å². The van der Waals surface area contributed by atoms with Gasteiger partial charge in [-0.15, -0.1) is 0 Å². The van der Waals surface area contributed by atoms with Crippen molar-refractivity contribution in [1.82, 2.24) is 58.8 Å². The molecule has 8 aliphatic heterocycles. The third-order valence-corrected chi connectivity index (χ3v) is 14.0. The molecule has 12 heteroatoms. The van der Waals surface area contributed by atoms with Crippen molar-refractivity contribution in [1.29, 1.82) is 0 Å². The Labute approximate surface area is 396 Å². The summed E-state index contributed by atoms with van der Waals surface area (Å²) in [6.07, 6.45) is 15.6. The van der Waals surface area contributed by atoms with Gasteiger partial charge in [0.15, 0.2) is 0 Å². The van der Waals surface area contributed by atoms with Crippen molar-refractivity contribution in [2.45, 2.75) is 91.9 Å². The van der Waals surface area contributed by atoms with Crippen LogP contribution < -0.4 is 0 Å². The van der Waals surface area contributed by atoms with Crippen LogP contribution in [-0.4, -0.2) is 300 Å². The van der Waals surface area contributed by atoms with E-state index < -0.39 is 0 Å². The van der Waals surface area contributed by atoms with Gasteiger partial charge in [0, 0.05) is 105 Å². The molecule has 0 spiro atoms. The number of hydrogen-bond donors (Lipinski definition) is 0. The van der Waals surface area contributed by atoms with Crippen LogP contribution in [0.3, 0.4) is 0 Å². The number of likely N-dealkylation sites (N-methyl/N-ethyl adjacent to an activating group) is 8. The summed E-state index contributed by atoms with van der Waals surface area (Å²) >= 11 is 0. The summed E-state index contributed by atoms with van der Waals surface area (Å²) < 4.78 is 0. The van der Waals surface area contributed by atoms with Gasteiger partial charge in [0.05, 0.1) is 0 Å². The molecular weight excluding hydrogens is 781 g/mol. The van der Waals surface area contributed by atoms with Crippen LogP contribution in [0.2, 0.25) is 0 Å². The largest absolute Gasteiger partial charge is 0.306 e. The predicted octanol–water partition coefficient (Wildman–Crippen LogP) is 5.14. The maximum absolute atomic E-state index is 2.49. The molecule has 12 nitrogen and oxygen atoms in total. The zero-order valence-corrected chi connectivity index (χ0v) is 44.4. The third-order valence-electron chi connectivity index (χ3n) is 14.0. The Morgan fingerprint density at radius 1 is 0.254 bits per heavy atom. The number of nitrogens with zero attached hydrogens (tertiary/aromatic N) is 12. The third kappa shape index (κ3) is 38.2. The lowest BCUT2D eigenvalue weighted by Gasteiger charge is -2.31. The smallest absolute Gasteiger partial charge is 0.0110 e. The fourth-order valence-electron chi connectivity index (χ4n) is 8.18. The lowest BCUT2D eigenvalue weighted by atomic mass is 10.00. The Morgan fingerprint density at radius 3 is 0.587 bits per heavy atom. The van der Waals surface area contributed by atoms with E-state index in [0.717, 1.165) is 5.92 Å². The highest BCUT2D eigenvalue weighted by Crippen LogP contribution is 2.13.